The van der Waals surface area contributed by atoms with Gasteiger partial charge in [0.25, 0.3) is 5.95 Å². The summed E-state index contributed by atoms with van der Waals surface area (Å²) in [7, 11) is 1.50. The first-order chi connectivity index (χ1) is 11.1. The summed E-state index contributed by atoms with van der Waals surface area (Å²) in [5, 5.41) is 26.4. The van der Waals surface area contributed by atoms with Gasteiger partial charge in [-0.15, -0.1) is 10.2 Å². The van der Waals surface area contributed by atoms with Crippen molar-refractivity contribution >= 4 is 6.21 Å². The maximum absolute atomic E-state index is 9.79. The predicted octanol–water partition coefficient (Wildman–Crippen LogP) is 1.68. The Morgan fingerprint density at radius 1 is 1.26 bits per heavy atom. The van der Waals surface area contributed by atoms with Crippen LogP contribution in [-0.4, -0.2) is 43.1 Å². The number of aryl methyl sites for hydroxylation is 2. The Kier molecular flexibility index (Phi) is 3.80. The number of hydrogen-bond donors (Lipinski definition) is 1. The van der Waals surface area contributed by atoms with E-state index in [0.29, 0.717) is 11.7 Å². The second kappa shape index (κ2) is 5.91. The van der Waals surface area contributed by atoms with Gasteiger partial charge in [-0.3, -0.25) is 0 Å². The summed E-state index contributed by atoms with van der Waals surface area (Å²) in [5.41, 5.74) is 2.55. The molecule has 0 atom stereocenters. The van der Waals surface area contributed by atoms with E-state index >= 15 is 0 Å². The van der Waals surface area contributed by atoms with Gasteiger partial charge < -0.3 is 9.84 Å². The number of phenolic OH excluding ortho intramolecular Hbond substituents is 1. The fraction of sp³-hybridized carbons (Fsp3) is 0.200. The number of aromatic hydroxyl groups is 1. The molecule has 0 spiro atoms. The molecule has 0 fully saturated rings. The summed E-state index contributed by atoms with van der Waals surface area (Å²) in [6, 6.07) is 6.97. The molecule has 0 unspecified atom stereocenters. The lowest BCUT2D eigenvalue weighted by molar-refractivity contribution is 0.373. The molecule has 0 saturated carbocycles. The van der Waals surface area contributed by atoms with Gasteiger partial charge in [-0.2, -0.15) is 14.9 Å². The average Bonchev–Trinajstić information content (AvgIpc) is 3.11. The van der Waals surface area contributed by atoms with Crippen molar-refractivity contribution in [2.24, 2.45) is 5.10 Å². The molecular weight excluding hydrogens is 296 g/mol. The summed E-state index contributed by atoms with van der Waals surface area (Å²) in [5.74, 6) is 0.957. The quantitative estimate of drug-likeness (QED) is 0.740. The van der Waals surface area contributed by atoms with Gasteiger partial charge in [0.15, 0.2) is 11.5 Å². The summed E-state index contributed by atoms with van der Waals surface area (Å²) < 4.78 is 8.20. The highest BCUT2D eigenvalue weighted by Gasteiger charge is 2.10. The third kappa shape index (κ3) is 2.91. The van der Waals surface area contributed by atoms with Crippen molar-refractivity contribution in [3.63, 3.8) is 0 Å². The zero-order chi connectivity index (χ0) is 16.4. The van der Waals surface area contributed by atoms with Gasteiger partial charge in [-0.05, 0) is 43.7 Å². The number of aromatic nitrogens is 5. The van der Waals surface area contributed by atoms with E-state index in [9.17, 15) is 5.11 Å². The van der Waals surface area contributed by atoms with Crippen molar-refractivity contribution in [1.82, 2.24) is 24.7 Å². The third-order valence-corrected chi connectivity index (χ3v) is 3.25. The molecule has 2 heterocycles. The van der Waals surface area contributed by atoms with Crippen LogP contribution in [0.5, 0.6) is 11.5 Å². The van der Waals surface area contributed by atoms with Crippen LogP contribution in [-0.2, 0) is 0 Å². The molecule has 1 aromatic carbocycles. The zero-order valence-corrected chi connectivity index (χ0v) is 13.0. The van der Waals surface area contributed by atoms with Crippen molar-refractivity contribution in [2.75, 3.05) is 7.11 Å². The van der Waals surface area contributed by atoms with E-state index in [1.165, 1.54) is 18.1 Å². The lowest BCUT2D eigenvalue weighted by Crippen LogP contribution is -2.06. The summed E-state index contributed by atoms with van der Waals surface area (Å²) in [4.78, 5) is 0. The number of methoxy groups -OCH3 is 1. The molecule has 118 valence electrons. The van der Waals surface area contributed by atoms with E-state index in [1.54, 1.807) is 29.1 Å². The summed E-state index contributed by atoms with van der Waals surface area (Å²) >= 11 is 0. The van der Waals surface area contributed by atoms with Gasteiger partial charge >= 0.3 is 0 Å². The van der Waals surface area contributed by atoms with Gasteiger partial charge in [0, 0.05) is 5.69 Å². The van der Waals surface area contributed by atoms with Gasteiger partial charge in [0.05, 0.1) is 19.0 Å². The van der Waals surface area contributed by atoms with Crippen molar-refractivity contribution in [3.05, 3.63) is 47.5 Å². The predicted molar refractivity (Wildman–Crippen MR) is 84.3 cm³/mol. The smallest absolute Gasteiger partial charge is 0.273 e. The molecule has 0 aliphatic rings. The monoisotopic (exact) mass is 312 g/mol. The lowest BCUT2D eigenvalue weighted by Gasteiger charge is -2.04. The molecule has 0 saturated heterocycles. The molecule has 2 aromatic heterocycles. The second-order valence-electron chi connectivity index (χ2n) is 4.99. The highest BCUT2D eigenvalue weighted by atomic mass is 16.5. The number of ether oxygens (including phenoxy) is 1. The van der Waals surface area contributed by atoms with E-state index in [4.69, 9.17) is 4.74 Å². The van der Waals surface area contributed by atoms with Crippen LogP contribution < -0.4 is 4.74 Å². The zero-order valence-electron chi connectivity index (χ0n) is 13.0. The number of nitrogens with zero attached hydrogens (tertiary/aromatic N) is 6. The molecule has 0 aliphatic heterocycles. The average molecular weight is 312 g/mol. The van der Waals surface area contributed by atoms with Crippen molar-refractivity contribution in [2.45, 2.75) is 13.8 Å². The molecule has 0 radical (unpaired) electrons. The summed E-state index contributed by atoms with van der Waals surface area (Å²) in [6.07, 6.45) is 3.09. The van der Waals surface area contributed by atoms with Crippen LogP contribution in [0, 0.1) is 13.8 Å². The summed E-state index contributed by atoms with van der Waals surface area (Å²) in [6.45, 7) is 3.85. The standard InChI is InChI=1S/C15H16N6O2/c1-10-6-11(2)21(19-10)15-18-16-9-20(15)17-8-12-4-5-14(23-3)13(22)7-12/h4-9,22H,1-3H3/b17-8-. The SMILES string of the molecule is COc1ccc(/C=N\n2cnnc2-n2nc(C)cc2C)cc1O. The van der Waals surface area contributed by atoms with E-state index in [0.717, 1.165) is 17.0 Å². The molecule has 8 nitrogen and oxygen atoms in total. The molecule has 3 aromatic rings. The Hall–Kier alpha value is -3.16. The third-order valence-electron chi connectivity index (χ3n) is 3.25. The van der Waals surface area contributed by atoms with E-state index in [2.05, 4.69) is 20.4 Å². The minimum absolute atomic E-state index is 0.0546. The highest BCUT2D eigenvalue weighted by molar-refractivity contribution is 5.80. The van der Waals surface area contributed by atoms with Gasteiger partial charge in [-0.1, -0.05) is 0 Å². The second-order valence-corrected chi connectivity index (χ2v) is 4.99. The largest absolute Gasteiger partial charge is 0.504 e. The number of phenols is 1. The van der Waals surface area contributed by atoms with Crippen LogP contribution in [0.15, 0.2) is 35.7 Å². The highest BCUT2D eigenvalue weighted by Crippen LogP contribution is 2.25. The molecule has 0 aliphatic carbocycles. The topological polar surface area (TPSA) is 90.4 Å². The molecule has 23 heavy (non-hydrogen) atoms. The minimum atomic E-state index is 0.0546. The first-order valence-corrected chi connectivity index (χ1v) is 6.93. The number of benzene rings is 1. The van der Waals surface area contributed by atoms with Crippen LogP contribution in [0.2, 0.25) is 0 Å². The van der Waals surface area contributed by atoms with Crippen LogP contribution in [0.1, 0.15) is 17.0 Å². The van der Waals surface area contributed by atoms with Gasteiger partial charge in [0.2, 0.25) is 0 Å². The Labute approximate surface area is 132 Å². The van der Waals surface area contributed by atoms with Crippen molar-refractivity contribution in [1.29, 1.82) is 0 Å². The maximum Gasteiger partial charge on any atom is 0.273 e. The van der Waals surface area contributed by atoms with Gasteiger partial charge in [0.1, 0.15) is 6.33 Å². The molecule has 0 bridgehead atoms. The molecular formula is C15H16N6O2. The fourth-order valence-corrected chi connectivity index (χ4v) is 2.19. The molecule has 8 heteroatoms. The van der Waals surface area contributed by atoms with E-state index < -0.39 is 0 Å². The Bertz CT molecular complexity index is 865. The number of rotatable bonds is 4. The number of hydrogen-bond acceptors (Lipinski definition) is 6. The first-order valence-electron chi connectivity index (χ1n) is 6.93. The molecule has 1 N–H and O–H groups in total. The van der Waals surface area contributed by atoms with Crippen LogP contribution in [0.4, 0.5) is 0 Å². The van der Waals surface area contributed by atoms with Gasteiger partial charge in [-0.25, -0.2) is 4.68 Å². The van der Waals surface area contributed by atoms with E-state index in [1.807, 2.05) is 19.9 Å². The van der Waals surface area contributed by atoms with Crippen LogP contribution >= 0.6 is 0 Å². The normalized spacial score (nSPS) is 11.3. The van der Waals surface area contributed by atoms with Crippen LogP contribution in [0.25, 0.3) is 5.95 Å². The Balaban J connectivity index is 1.91. The van der Waals surface area contributed by atoms with Crippen LogP contribution in [0.3, 0.4) is 0 Å². The lowest BCUT2D eigenvalue weighted by atomic mass is 10.2. The first kappa shape index (κ1) is 14.8. The minimum Gasteiger partial charge on any atom is -0.504 e. The molecule has 0 amide bonds. The Morgan fingerprint density at radius 2 is 2.09 bits per heavy atom. The fourth-order valence-electron chi connectivity index (χ4n) is 2.19. The van der Waals surface area contributed by atoms with Crippen molar-refractivity contribution in [3.8, 4) is 17.4 Å². The maximum atomic E-state index is 9.79. The Morgan fingerprint density at radius 3 is 2.74 bits per heavy atom. The molecule has 3 rings (SSSR count). The van der Waals surface area contributed by atoms with E-state index in [-0.39, 0.29) is 5.75 Å². The van der Waals surface area contributed by atoms with Crippen molar-refractivity contribution < 1.29 is 9.84 Å².